The van der Waals surface area contributed by atoms with Crippen LogP contribution in [0.5, 0.6) is 0 Å². The molecule has 164 valence electrons. The molecule has 0 saturated carbocycles. The summed E-state index contributed by atoms with van der Waals surface area (Å²) in [7, 11) is 0. The zero-order valence-corrected chi connectivity index (χ0v) is 19.4. The third kappa shape index (κ3) is 12.1. The van der Waals surface area contributed by atoms with Gasteiger partial charge in [-0.3, -0.25) is 0 Å². The van der Waals surface area contributed by atoms with Gasteiger partial charge in [0.25, 0.3) is 0 Å². The molecule has 1 rings (SSSR count). The van der Waals surface area contributed by atoms with E-state index in [1.807, 2.05) is 37.3 Å². The molecule has 0 heterocycles. The average molecular weight is 415 g/mol. The van der Waals surface area contributed by atoms with E-state index in [-0.39, 0.29) is 0 Å². The fourth-order valence-electron chi connectivity index (χ4n) is 2.83. The van der Waals surface area contributed by atoms with Crippen LogP contribution in [0, 0.1) is 12.8 Å². The Morgan fingerprint density at radius 2 is 1.61 bits per heavy atom. The molecule has 0 aromatic heterocycles. The molecule has 1 aromatic rings. The standard InChI is InChI=1S/C29H38N2/c1-22(2)20-27(16-17-28-18-19-29(31)25(5)21-28)13-8-7-10-23(3)14-15-24(4)11-9-12-26(6)30/h7,9-11,14-22H,3-4,6,8,12-13,30-31H2,1-2,5H3/b10-7-,11-9-,15-14+,17-16+,27-20+. The molecule has 0 aliphatic heterocycles. The lowest BCUT2D eigenvalue weighted by Crippen LogP contribution is -1.91. The number of rotatable bonds is 12. The van der Waals surface area contributed by atoms with Gasteiger partial charge in [-0.15, -0.1) is 0 Å². The summed E-state index contributed by atoms with van der Waals surface area (Å²) in [4.78, 5) is 0. The van der Waals surface area contributed by atoms with Crippen molar-refractivity contribution in [2.24, 2.45) is 11.7 Å². The van der Waals surface area contributed by atoms with E-state index in [2.05, 4.69) is 76.1 Å². The lowest BCUT2D eigenvalue weighted by molar-refractivity contribution is 0.814. The Morgan fingerprint density at radius 3 is 2.19 bits per heavy atom. The van der Waals surface area contributed by atoms with Gasteiger partial charge in [0, 0.05) is 17.8 Å². The third-order valence-corrected chi connectivity index (χ3v) is 4.49. The van der Waals surface area contributed by atoms with Gasteiger partial charge in [-0.2, -0.15) is 0 Å². The van der Waals surface area contributed by atoms with Crippen molar-refractivity contribution < 1.29 is 0 Å². The van der Waals surface area contributed by atoms with E-state index in [4.69, 9.17) is 11.5 Å². The van der Waals surface area contributed by atoms with Crippen molar-refractivity contribution in [3.63, 3.8) is 0 Å². The normalized spacial score (nSPS) is 12.7. The average Bonchev–Trinajstić information content (AvgIpc) is 2.69. The van der Waals surface area contributed by atoms with Crippen LogP contribution < -0.4 is 11.5 Å². The van der Waals surface area contributed by atoms with Gasteiger partial charge < -0.3 is 11.5 Å². The second-order valence-electron chi connectivity index (χ2n) is 8.12. The molecule has 0 aliphatic rings. The summed E-state index contributed by atoms with van der Waals surface area (Å²) in [5, 5.41) is 0. The Morgan fingerprint density at radius 1 is 0.968 bits per heavy atom. The molecule has 1 aromatic carbocycles. The number of aryl methyl sites for hydroxylation is 1. The fraction of sp³-hybridized carbons (Fsp3) is 0.241. The van der Waals surface area contributed by atoms with E-state index in [1.54, 1.807) is 0 Å². The summed E-state index contributed by atoms with van der Waals surface area (Å²) in [6.45, 7) is 18.2. The molecule has 0 unspecified atom stereocenters. The lowest BCUT2D eigenvalue weighted by atomic mass is 10.0. The Labute approximate surface area is 189 Å². The van der Waals surface area contributed by atoms with Crippen molar-refractivity contribution in [1.82, 2.24) is 0 Å². The van der Waals surface area contributed by atoms with Crippen molar-refractivity contribution >= 4 is 11.8 Å². The molecular weight excluding hydrogens is 376 g/mol. The Balaban J connectivity index is 2.61. The molecule has 4 N–H and O–H groups in total. The maximum Gasteiger partial charge on any atom is 0.0344 e. The highest BCUT2D eigenvalue weighted by Crippen LogP contribution is 2.17. The minimum atomic E-state index is 0.505. The van der Waals surface area contributed by atoms with Gasteiger partial charge in [-0.25, -0.2) is 0 Å². The zero-order valence-electron chi connectivity index (χ0n) is 19.4. The summed E-state index contributed by atoms with van der Waals surface area (Å²) < 4.78 is 0. The molecule has 0 fully saturated rings. The SMILES string of the molecule is C=C(/C=C\CCC(/C=C/c1ccc(N)c(C)c1)=C\C(C)C)/C=C/C(=C)/C=C\CC(=C)N. The molecule has 0 aliphatic carbocycles. The molecule has 31 heavy (non-hydrogen) atoms. The number of allylic oxidation sites excluding steroid dienone is 11. The summed E-state index contributed by atoms with van der Waals surface area (Å²) in [6.07, 6.45) is 21.3. The highest BCUT2D eigenvalue weighted by Gasteiger charge is 1.97. The molecule has 2 heteroatoms. The van der Waals surface area contributed by atoms with Gasteiger partial charge in [0.2, 0.25) is 0 Å². The van der Waals surface area contributed by atoms with Gasteiger partial charge in [-0.1, -0.05) is 99.9 Å². The van der Waals surface area contributed by atoms with E-state index in [9.17, 15) is 0 Å². The number of anilines is 1. The van der Waals surface area contributed by atoms with Crippen LogP contribution in [0.25, 0.3) is 6.08 Å². The van der Waals surface area contributed by atoms with Gasteiger partial charge in [0.05, 0.1) is 0 Å². The molecule has 0 saturated heterocycles. The maximum absolute atomic E-state index is 5.92. The van der Waals surface area contributed by atoms with Gasteiger partial charge in [0.1, 0.15) is 0 Å². The van der Waals surface area contributed by atoms with E-state index in [1.165, 1.54) is 11.1 Å². The first-order chi connectivity index (χ1) is 14.7. The second-order valence-corrected chi connectivity index (χ2v) is 8.12. The van der Waals surface area contributed by atoms with Crippen molar-refractivity contribution in [3.05, 3.63) is 120 Å². The van der Waals surface area contributed by atoms with Gasteiger partial charge >= 0.3 is 0 Å². The summed E-state index contributed by atoms with van der Waals surface area (Å²) >= 11 is 0. The van der Waals surface area contributed by atoms with Crippen LogP contribution in [0.1, 0.15) is 44.2 Å². The van der Waals surface area contributed by atoms with E-state index in [0.717, 1.165) is 35.2 Å². The number of benzene rings is 1. The predicted octanol–water partition coefficient (Wildman–Crippen LogP) is 7.60. The van der Waals surface area contributed by atoms with Crippen LogP contribution in [0.3, 0.4) is 0 Å². The van der Waals surface area contributed by atoms with Crippen LogP contribution in [-0.4, -0.2) is 0 Å². The molecule has 0 radical (unpaired) electrons. The fourth-order valence-corrected chi connectivity index (χ4v) is 2.83. The van der Waals surface area contributed by atoms with Crippen molar-refractivity contribution in [1.29, 1.82) is 0 Å². The van der Waals surface area contributed by atoms with Crippen molar-refractivity contribution in [2.75, 3.05) is 5.73 Å². The topological polar surface area (TPSA) is 52.0 Å². The number of nitrogens with two attached hydrogens (primary N) is 2. The Kier molecular flexibility index (Phi) is 11.5. The van der Waals surface area contributed by atoms with Crippen LogP contribution >= 0.6 is 0 Å². The van der Waals surface area contributed by atoms with Crippen molar-refractivity contribution in [2.45, 2.75) is 40.0 Å². The Bertz CT molecular complexity index is 918. The predicted molar refractivity (Wildman–Crippen MR) is 140 cm³/mol. The van der Waals surface area contributed by atoms with E-state index in [0.29, 0.717) is 18.0 Å². The second kappa shape index (κ2) is 13.9. The molecule has 0 atom stereocenters. The molecule has 2 nitrogen and oxygen atoms in total. The summed E-state index contributed by atoms with van der Waals surface area (Å²) in [5.74, 6) is 0.505. The lowest BCUT2D eigenvalue weighted by Gasteiger charge is -2.05. The van der Waals surface area contributed by atoms with Crippen LogP contribution in [-0.2, 0) is 0 Å². The van der Waals surface area contributed by atoms with Crippen LogP contribution in [0.15, 0.2) is 109 Å². The maximum atomic E-state index is 5.92. The first kappa shape index (κ1) is 25.8. The first-order valence-corrected chi connectivity index (χ1v) is 10.7. The van der Waals surface area contributed by atoms with E-state index < -0.39 is 0 Å². The van der Waals surface area contributed by atoms with Gasteiger partial charge in [0.15, 0.2) is 0 Å². The largest absolute Gasteiger partial charge is 0.402 e. The highest BCUT2D eigenvalue weighted by molar-refractivity contribution is 5.59. The molecular formula is C29H38N2. The zero-order chi connectivity index (χ0) is 23.2. The molecule has 0 spiro atoms. The minimum absolute atomic E-state index is 0.505. The van der Waals surface area contributed by atoms with Crippen molar-refractivity contribution in [3.8, 4) is 0 Å². The van der Waals surface area contributed by atoms with Gasteiger partial charge in [-0.05, 0) is 60.1 Å². The van der Waals surface area contributed by atoms with Crippen LogP contribution in [0.2, 0.25) is 0 Å². The molecule has 0 amide bonds. The van der Waals surface area contributed by atoms with E-state index >= 15 is 0 Å². The number of hydrogen-bond acceptors (Lipinski definition) is 2. The number of hydrogen-bond donors (Lipinski definition) is 2. The number of nitrogen functional groups attached to an aromatic ring is 1. The van der Waals surface area contributed by atoms with Crippen LogP contribution in [0.4, 0.5) is 5.69 Å². The monoisotopic (exact) mass is 414 g/mol. The summed E-state index contributed by atoms with van der Waals surface area (Å²) in [5.41, 5.74) is 18.4. The smallest absolute Gasteiger partial charge is 0.0344 e. The summed E-state index contributed by atoms with van der Waals surface area (Å²) in [6, 6.07) is 6.13. The molecule has 0 bridgehead atoms. The highest BCUT2D eigenvalue weighted by atomic mass is 14.6. The quantitative estimate of drug-likeness (QED) is 0.273. The first-order valence-electron chi connectivity index (χ1n) is 10.7. The third-order valence-electron chi connectivity index (χ3n) is 4.49. The Hall–Kier alpha value is -3.26. The minimum Gasteiger partial charge on any atom is -0.402 e.